The largest absolute Gasteiger partial charge is 0.398 e. The molecule has 0 aliphatic carbocycles. The van der Waals surface area contributed by atoms with E-state index in [1.54, 1.807) is 24.2 Å². The Kier molecular flexibility index (Phi) is 3.58. The number of amides is 1. The van der Waals surface area contributed by atoms with Crippen molar-refractivity contribution in [1.82, 2.24) is 9.88 Å². The van der Waals surface area contributed by atoms with Gasteiger partial charge in [0, 0.05) is 38.3 Å². The van der Waals surface area contributed by atoms with Crippen molar-refractivity contribution in [1.29, 1.82) is 0 Å². The SMILES string of the molecule is CN(CC1CCCO1)C(=O)c1cnccc1N. The van der Waals surface area contributed by atoms with Crippen LogP contribution >= 0.6 is 0 Å². The van der Waals surface area contributed by atoms with Crippen LogP contribution in [0.15, 0.2) is 18.5 Å². The first-order valence-electron chi connectivity index (χ1n) is 5.75. The number of likely N-dealkylation sites (N-methyl/N-ethyl adjacent to an activating group) is 1. The second-order valence-electron chi connectivity index (χ2n) is 4.28. The lowest BCUT2D eigenvalue weighted by Gasteiger charge is -2.21. The summed E-state index contributed by atoms with van der Waals surface area (Å²) in [6, 6.07) is 1.63. The lowest BCUT2D eigenvalue weighted by Crippen LogP contribution is -2.34. The van der Waals surface area contributed by atoms with E-state index in [0.717, 1.165) is 19.4 Å². The van der Waals surface area contributed by atoms with Gasteiger partial charge in [-0.1, -0.05) is 0 Å². The molecule has 1 fully saturated rings. The highest BCUT2D eigenvalue weighted by molar-refractivity contribution is 5.98. The van der Waals surface area contributed by atoms with Gasteiger partial charge in [-0.25, -0.2) is 0 Å². The van der Waals surface area contributed by atoms with E-state index in [1.165, 1.54) is 6.20 Å². The van der Waals surface area contributed by atoms with E-state index < -0.39 is 0 Å². The topological polar surface area (TPSA) is 68.5 Å². The van der Waals surface area contributed by atoms with Crippen molar-refractivity contribution in [2.45, 2.75) is 18.9 Å². The van der Waals surface area contributed by atoms with Crippen LogP contribution in [0.25, 0.3) is 0 Å². The first-order chi connectivity index (χ1) is 8.18. The molecule has 0 bridgehead atoms. The van der Waals surface area contributed by atoms with Gasteiger partial charge in [0.15, 0.2) is 0 Å². The van der Waals surface area contributed by atoms with E-state index in [-0.39, 0.29) is 12.0 Å². The Balaban J connectivity index is 2.01. The fraction of sp³-hybridized carbons (Fsp3) is 0.500. The molecule has 1 aliphatic rings. The Morgan fingerprint density at radius 1 is 1.71 bits per heavy atom. The molecule has 2 heterocycles. The molecule has 1 saturated heterocycles. The zero-order valence-electron chi connectivity index (χ0n) is 9.93. The van der Waals surface area contributed by atoms with E-state index in [1.807, 2.05) is 0 Å². The molecule has 2 N–H and O–H groups in total. The molecule has 17 heavy (non-hydrogen) atoms. The summed E-state index contributed by atoms with van der Waals surface area (Å²) in [5.74, 6) is -0.105. The Hall–Kier alpha value is -1.62. The monoisotopic (exact) mass is 235 g/mol. The van der Waals surface area contributed by atoms with Crippen molar-refractivity contribution in [3.05, 3.63) is 24.0 Å². The first-order valence-corrected chi connectivity index (χ1v) is 5.75. The van der Waals surface area contributed by atoms with Crippen LogP contribution in [0.3, 0.4) is 0 Å². The zero-order valence-corrected chi connectivity index (χ0v) is 9.93. The summed E-state index contributed by atoms with van der Waals surface area (Å²) in [5, 5.41) is 0. The summed E-state index contributed by atoms with van der Waals surface area (Å²) in [7, 11) is 1.76. The molecule has 0 spiro atoms. The van der Waals surface area contributed by atoms with Crippen LogP contribution in [0.5, 0.6) is 0 Å². The maximum atomic E-state index is 12.1. The molecular formula is C12H17N3O2. The highest BCUT2D eigenvalue weighted by atomic mass is 16.5. The Morgan fingerprint density at radius 3 is 3.18 bits per heavy atom. The predicted octanol–water partition coefficient (Wildman–Crippen LogP) is 0.915. The third-order valence-corrected chi connectivity index (χ3v) is 2.93. The van der Waals surface area contributed by atoms with Crippen molar-refractivity contribution in [3.63, 3.8) is 0 Å². The van der Waals surface area contributed by atoms with E-state index >= 15 is 0 Å². The molecule has 5 nitrogen and oxygen atoms in total. The standard InChI is InChI=1S/C12H17N3O2/c1-15(8-9-3-2-6-17-9)12(16)10-7-14-5-4-11(10)13/h4-5,7,9H,2-3,6,8H2,1H3,(H2,13,14). The number of nitrogen functional groups attached to an aromatic ring is 1. The lowest BCUT2D eigenvalue weighted by atomic mass is 10.2. The Morgan fingerprint density at radius 2 is 2.53 bits per heavy atom. The maximum Gasteiger partial charge on any atom is 0.257 e. The zero-order chi connectivity index (χ0) is 12.3. The van der Waals surface area contributed by atoms with Crippen molar-refractivity contribution in [3.8, 4) is 0 Å². The van der Waals surface area contributed by atoms with Crippen molar-refractivity contribution < 1.29 is 9.53 Å². The van der Waals surface area contributed by atoms with Gasteiger partial charge >= 0.3 is 0 Å². The van der Waals surface area contributed by atoms with Crippen molar-refractivity contribution in [2.75, 3.05) is 25.9 Å². The fourth-order valence-corrected chi connectivity index (χ4v) is 1.97. The summed E-state index contributed by atoms with van der Waals surface area (Å²) in [5.41, 5.74) is 6.66. The maximum absolute atomic E-state index is 12.1. The van der Waals surface area contributed by atoms with Gasteiger partial charge in [-0.15, -0.1) is 0 Å². The normalized spacial score (nSPS) is 19.2. The number of anilines is 1. The number of carbonyl (C=O) groups excluding carboxylic acids is 1. The number of ether oxygens (including phenoxy) is 1. The third kappa shape index (κ3) is 2.74. The molecule has 1 aliphatic heterocycles. The molecule has 0 saturated carbocycles. The van der Waals surface area contributed by atoms with Crippen LogP contribution in [0, 0.1) is 0 Å². The molecule has 1 atom stereocenters. The molecule has 1 aromatic heterocycles. The minimum atomic E-state index is -0.105. The highest BCUT2D eigenvalue weighted by Crippen LogP contribution is 2.15. The van der Waals surface area contributed by atoms with Crippen LogP contribution in [0.4, 0.5) is 5.69 Å². The Labute approximate surface area is 101 Å². The molecule has 0 aromatic carbocycles. The van der Waals surface area contributed by atoms with Crippen LogP contribution in [0.2, 0.25) is 0 Å². The van der Waals surface area contributed by atoms with E-state index in [4.69, 9.17) is 10.5 Å². The van der Waals surface area contributed by atoms with Gasteiger partial charge in [0.05, 0.1) is 11.7 Å². The molecule has 0 radical (unpaired) electrons. The second kappa shape index (κ2) is 5.14. The van der Waals surface area contributed by atoms with Crippen molar-refractivity contribution in [2.24, 2.45) is 0 Å². The number of carbonyl (C=O) groups is 1. The number of hydrogen-bond acceptors (Lipinski definition) is 4. The quantitative estimate of drug-likeness (QED) is 0.845. The molecule has 1 aromatic rings. The molecule has 5 heteroatoms. The summed E-state index contributed by atoms with van der Waals surface area (Å²) in [4.78, 5) is 17.7. The second-order valence-corrected chi connectivity index (χ2v) is 4.28. The summed E-state index contributed by atoms with van der Waals surface area (Å²) in [6.45, 7) is 1.40. The van der Waals surface area contributed by atoms with E-state index in [0.29, 0.717) is 17.8 Å². The summed E-state index contributed by atoms with van der Waals surface area (Å²) >= 11 is 0. The number of nitrogens with zero attached hydrogens (tertiary/aromatic N) is 2. The average molecular weight is 235 g/mol. The Bertz CT molecular complexity index is 402. The lowest BCUT2D eigenvalue weighted by molar-refractivity contribution is 0.0587. The highest BCUT2D eigenvalue weighted by Gasteiger charge is 2.21. The molecular weight excluding hydrogens is 218 g/mol. The number of rotatable bonds is 3. The van der Waals surface area contributed by atoms with Gasteiger partial charge in [0.2, 0.25) is 0 Å². The molecule has 2 rings (SSSR count). The molecule has 1 amide bonds. The van der Waals surface area contributed by atoms with Gasteiger partial charge < -0.3 is 15.4 Å². The minimum Gasteiger partial charge on any atom is -0.398 e. The van der Waals surface area contributed by atoms with Crippen LogP contribution in [-0.4, -0.2) is 42.1 Å². The number of aromatic nitrogens is 1. The van der Waals surface area contributed by atoms with Crippen molar-refractivity contribution >= 4 is 11.6 Å². The van der Waals surface area contributed by atoms with Gasteiger partial charge in [-0.05, 0) is 18.9 Å². The minimum absolute atomic E-state index is 0.105. The van der Waals surface area contributed by atoms with Gasteiger partial charge in [-0.3, -0.25) is 9.78 Å². The van der Waals surface area contributed by atoms with Gasteiger partial charge in [0.25, 0.3) is 5.91 Å². The van der Waals surface area contributed by atoms with Gasteiger partial charge in [0.1, 0.15) is 0 Å². The van der Waals surface area contributed by atoms with Crippen LogP contribution in [-0.2, 0) is 4.74 Å². The number of hydrogen-bond donors (Lipinski definition) is 1. The number of nitrogens with two attached hydrogens (primary N) is 1. The molecule has 92 valence electrons. The van der Waals surface area contributed by atoms with Crippen LogP contribution in [0.1, 0.15) is 23.2 Å². The van der Waals surface area contributed by atoms with Crippen LogP contribution < -0.4 is 5.73 Å². The van der Waals surface area contributed by atoms with Gasteiger partial charge in [-0.2, -0.15) is 0 Å². The smallest absolute Gasteiger partial charge is 0.257 e. The average Bonchev–Trinajstić information content (AvgIpc) is 2.81. The first kappa shape index (κ1) is 11.9. The fourth-order valence-electron chi connectivity index (χ4n) is 1.97. The van der Waals surface area contributed by atoms with E-state index in [9.17, 15) is 4.79 Å². The third-order valence-electron chi connectivity index (χ3n) is 2.93. The summed E-state index contributed by atoms with van der Waals surface area (Å²) in [6.07, 6.45) is 5.32. The van der Waals surface area contributed by atoms with E-state index in [2.05, 4.69) is 4.98 Å². The molecule has 1 unspecified atom stereocenters. The predicted molar refractivity (Wildman–Crippen MR) is 64.6 cm³/mol. The summed E-state index contributed by atoms with van der Waals surface area (Å²) < 4.78 is 5.50. The number of pyridine rings is 1.